The van der Waals surface area contributed by atoms with Crippen LogP contribution in [0.2, 0.25) is 0 Å². The first-order chi connectivity index (χ1) is 19.1. The van der Waals surface area contributed by atoms with Crippen LogP contribution >= 0.6 is 0 Å². The lowest BCUT2D eigenvalue weighted by atomic mass is 9.97. The average Bonchev–Trinajstić information content (AvgIpc) is 3.36. The number of carbonyl (C=O) groups excluding carboxylic acids is 1. The summed E-state index contributed by atoms with van der Waals surface area (Å²) in [6, 6.07) is 17.8. The largest absolute Gasteiger partial charge is 0.496 e. The fraction of sp³-hybridized carbons (Fsp3) is 0.387. The van der Waals surface area contributed by atoms with Crippen LogP contribution in [0.1, 0.15) is 40.2 Å². The van der Waals surface area contributed by atoms with Gasteiger partial charge < -0.3 is 19.9 Å². The van der Waals surface area contributed by atoms with Crippen molar-refractivity contribution >= 4 is 21.6 Å². The highest BCUT2D eigenvalue weighted by molar-refractivity contribution is 7.92. The number of methoxy groups -OCH3 is 1. The predicted octanol–water partition coefficient (Wildman–Crippen LogP) is 4.57. The molecular formula is C31H40N4O4S. The molecular weight excluding hydrogens is 524 g/mol. The molecule has 1 saturated heterocycles. The summed E-state index contributed by atoms with van der Waals surface area (Å²) >= 11 is 0. The van der Waals surface area contributed by atoms with Crippen molar-refractivity contribution in [2.45, 2.75) is 30.6 Å². The topological polar surface area (TPSA) is 91.0 Å². The Bertz CT molecular complexity index is 1440. The molecule has 3 aromatic rings. The van der Waals surface area contributed by atoms with Crippen molar-refractivity contribution in [2.75, 3.05) is 59.2 Å². The number of anilines is 1. The van der Waals surface area contributed by atoms with Gasteiger partial charge in [0.15, 0.2) is 0 Å². The summed E-state index contributed by atoms with van der Waals surface area (Å²) in [5.74, 6) is 0.978. The fourth-order valence-corrected chi connectivity index (χ4v) is 6.21. The molecule has 1 fully saturated rings. The van der Waals surface area contributed by atoms with Crippen molar-refractivity contribution in [2.24, 2.45) is 0 Å². The normalized spacial score (nSPS) is 15.8. The first kappa shape index (κ1) is 29.6. The number of hydrogen-bond acceptors (Lipinski definition) is 6. The number of hydrogen-bond donors (Lipinski definition) is 2. The molecule has 4 rings (SSSR count). The monoisotopic (exact) mass is 564 g/mol. The number of ether oxygens (including phenoxy) is 1. The Morgan fingerprint density at radius 1 is 1.07 bits per heavy atom. The number of benzene rings is 3. The summed E-state index contributed by atoms with van der Waals surface area (Å²) in [7, 11) is 3.96. The van der Waals surface area contributed by atoms with Crippen LogP contribution in [0.15, 0.2) is 65.6 Å². The SMILES string of the molecule is COc1ccc(NS(=O)(=O)c2ccc(-c3ccc(C(=O)NCCCN(C)C)cc3C)cc2)cc1C1CCN(C)C1. The van der Waals surface area contributed by atoms with Gasteiger partial charge in [0.05, 0.1) is 12.0 Å². The molecule has 3 aromatic carbocycles. The lowest BCUT2D eigenvalue weighted by Gasteiger charge is -2.17. The number of likely N-dealkylation sites (tertiary alicyclic amines) is 1. The van der Waals surface area contributed by atoms with Gasteiger partial charge in [-0.15, -0.1) is 0 Å². The van der Waals surface area contributed by atoms with E-state index in [-0.39, 0.29) is 10.8 Å². The number of nitrogens with one attached hydrogen (secondary N) is 2. The van der Waals surface area contributed by atoms with Crippen LogP contribution in [-0.4, -0.2) is 78.6 Å². The Kier molecular flexibility index (Phi) is 9.50. The molecule has 8 nitrogen and oxygen atoms in total. The zero-order chi connectivity index (χ0) is 28.9. The van der Waals surface area contributed by atoms with Crippen LogP contribution in [-0.2, 0) is 10.0 Å². The number of likely N-dealkylation sites (N-methyl/N-ethyl adjacent to an activating group) is 1. The van der Waals surface area contributed by atoms with Crippen molar-refractivity contribution < 1.29 is 17.9 Å². The third-order valence-electron chi connectivity index (χ3n) is 7.34. The van der Waals surface area contributed by atoms with Crippen molar-refractivity contribution in [3.8, 4) is 16.9 Å². The third kappa shape index (κ3) is 7.21. The number of amides is 1. The van der Waals surface area contributed by atoms with Gasteiger partial charge in [0.2, 0.25) is 0 Å². The molecule has 1 amide bonds. The standard InChI is InChI=1S/C31H40N4O4S/c1-22-19-24(31(36)32-16-6-17-34(2)3)9-13-28(22)23-7-11-27(12-8-23)40(37,38)33-26-10-14-30(39-5)29(20-26)25-15-18-35(4)21-25/h7-14,19-20,25,33H,6,15-18,21H2,1-5H3,(H,32,36). The van der Waals surface area contributed by atoms with Crippen LogP contribution in [0.3, 0.4) is 0 Å². The number of rotatable bonds is 11. The van der Waals surface area contributed by atoms with Gasteiger partial charge in [-0.2, -0.15) is 0 Å². The second-order valence-corrected chi connectivity index (χ2v) is 12.5. The first-order valence-electron chi connectivity index (χ1n) is 13.6. The van der Waals surface area contributed by atoms with Crippen molar-refractivity contribution in [3.63, 3.8) is 0 Å². The maximum absolute atomic E-state index is 13.2. The maximum atomic E-state index is 13.2. The highest BCUT2D eigenvalue weighted by Crippen LogP contribution is 2.35. The first-order valence-corrected chi connectivity index (χ1v) is 15.1. The van der Waals surface area contributed by atoms with Gasteiger partial charge >= 0.3 is 0 Å². The summed E-state index contributed by atoms with van der Waals surface area (Å²) in [5.41, 5.74) is 4.91. The van der Waals surface area contributed by atoms with Crippen LogP contribution in [0, 0.1) is 6.92 Å². The Morgan fingerprint density at radius 3 is 2.45 bits per heavy atom. The van der Waals surface area contributed by atoms with E-state index in [1.54, 1.807) is 43.5 Å². The molecule has 0 radical (unpaired) electrons. The Morgan fingerprint density at radius 2 is 1.82 bits per heavy atom. The molecule has 0 saturated carbocycles. The molecule has 2 N–H and O–H groups in total. The van der Waals surface area contributed by atoms with E-state index < -0.39 is 10.0 Å². The highest BCUT2D eigenvalue weighted by atomic mass is 32.2. The third-order valence-corrected chi connectivity index (χ3v) is 8.74. The van der Waals surface area contributed by atoms with E-state index in [2.05, 4.69) is 26.9 Å². The average molecular weight is 565 g/mol. The molecule has 1 atom stereocenters. The van der Waals surface area contributed by atoms with E-state index in [4.69, 9.17) is 4.74 Å². The van der Waals surface area contributed by atoms with Crippen LogP contribution in [0.25, 0.3) is 11.1 Å². The Labute approximate surface area is 238 Å². The van der Waals surface area contributed by atoms with Gasteiger partial charge in [-0.3, -0.25) is 9.52 Å². The fourth-order valence-electron chi connectivity index (χ4n) is 5.16. The van der Waals surface area contributed by atoms with Gasteiger partial charge in [0.25, 0.3) is 15.9 Å². The van der Waals surface area contributed by atoms with E-state index in [1.807, 2.05) is 45.3 Å². The summed E-state index contributed by atoms with van der Waals surface area (Å²) in [4.78, 5) is 17.1. The second-order valence-electron chi connectivity index (χ2n) is 10.8. The lowest BCUT2D eigenvalue weighted by molar-refractivity contribution is 0.0952. The number of sulfonamides is 1. The van der Waals surface area contributed by atoms with Crippen LogP contribution < -0.4 is 14.8 Å². The molecule has 214 valence electrons. The van der Waals surface area contributed by atoms with Crippen molar-refractivity contribution in [3.05, 3.63) is 77.4 Å². The summed E-state index contributed by atoms with van der Waals surface area (Å²) in [6.07, 6.45) is 1.89. The number of aryl methyl sites for hydroxylation is 1. The smallest absolute Gasteiger partial charge is 0.261 e. The van der Waals surface area contributed by atoms with Gasteiger partial charge in [0.1, 0.15) is 5.75 Å². The van der Waals surface area contributed by atoms with E-state index in [0.717, 1.165) is 60.5 Å². The van der Waals surface area contributed by atoms with Gasteiger partial charge in [-0.05, 0) is 113 Å². The van der Waals surface area contributed by atoms with Crippen molar-refractivity contribution in [1.29, 1.82) is 0 Å². The van der Waals surface area contributed by atoms with E-state index >= 15 is 0 Å². The molecule has 0 bridgehead atoms. The minimum absolute atomic E-state index is 0.0948. The van der Waals surface area contributed by atoms with Crippen LogP contribution in [0.4, 0.5) is 5.69 Å². The van der Waals surface area contributed by atoms with Crippen molar-refractivity contribution in [1.82, 2.24) is 15.1 Å². The summed E-state index contributed by atoms with van der Waals surface area (Å²) < 4.78 is 34.7. The molecule has 1 aliphatic heterocycles. The number of carbonyl (C=O) groups is 1. The van der Waals surface area contributed by atoms with E-state index in [1.165, 1.54) is 0 Å². The van der Waals surface area contributed by atoms with Gasteiger partial charge in [-0.1, -0.05) is 18.2 Å². The summed E-state index contributed by atoms with van der Waals surface area (Å²) in [6.45, 7) is 5.41. The second kappa shape index (κ2) is 12.8. The van der Waals surface area contributed by atoms with Gasteiger partial charge in [0, 0.05) is 35.8 Å². The van der Waals surface area contributed by atoms with E-state index in [0.29, 0.717) is 23.7 Å². The van der Waals surface area contributed by atoms with Gasteiger partial charge in [-0.25, -0.2) is 8.42 Å². The molecule has 0 aromatic heterocycles. The minimum Gasteiger partial charge on any atom is -0.496 e. The van der Waals surface area contributed by atoms with E-state index in [9.17, 15) is 13.2 Å². The predicted molar refractivity (Wildman–Crippen MR) is 161 cm³/mol. The molecule has 9 heteroatoms. The van der Waals surface area contributed by atoms with Crippen LogP contribution in [0.5, 0.6) is 5.75 Å². The number of nitrogens with zero attached hydrogens (tertiary/aromatic N) is 2. The molecule has 1 aliphatic rings. The molecule has 0 aliphatic carbocycles. The zero-order valence-corrected chi connectivity index (χ0v) is 24.8. The Hall–Kier alpha value is -3.40. The summed E-state index contributed by atoms with van der Waals surface area (Å²) in [5, 5.41) is 2.96. The minimum atomic E-state index is -3.78. The maximum Gasteiger partial charge on any atom is 0.261 e. The molecule has 0 spiro atoms. The molecule has 1 unspecified atom stereocenters. The lowest BCUT2D eigenvalue weighted by Crippen LogP contribution is -2.27. The quantitative estimate of drug-likeness (QED) is 0.332. The molecule has 1 heterocycles. The molecule has 40 heavy (non-hydrogen) atoms. The Balaban J connectivity index is 1.46. The zero-order valence-electron chi connectivity index (χ0n) is 24.0. The highest BCUT2D eigenvalue weighted by Gasteiger charge is 2.25.